The van der Waals surface area contributed by atoms with Crippen LogP contribution in [0.15, 0.2) is 59.4 Å². The van der Waals surface area contributed by atoms with Crippen LogP contribution in [0.25, 0.3) is 10.9 Å². The average molecular weight is 505 g/mol. The van der Waals surface area contributed by atoms with Crippen molar-refractivity contribution in [3.8, 4) is 0 Å². The highest BCUT2D eigenvalue weighted by Crippen LogP contribution is 2.46. The number of halogens is 2. The van der Waals surface area contributed by atoms with Crippen LogP contribution in [0.2, 0.25) is 18.1 Å². The molecule has 176 valence electrons. The normalized spacial score (nSPS) is 19.8. The third kappa shape index (κ3) is 4.46. The molecule has 0 bridgehead atoms. The van der Waals surface area contributed by atoms with Gasteiger partial charge in [-0.25, -0.2) is 9.66 Å². The van der Waals surface area contributed by atoms with Gasteiger partial charge >= 0.3 is 0 Å². The van der Waals surface area contributed by atoms with Crippen LogP contribution in [-0.4, -0.2) is 28.9 Å². The molecule has 2 aromatic carbocycles. The summed E-state index contributed by atoms with van der Waals surface area (Å²) in [6.07, 6.45) is -0.384. The van der Waals surface area contributed by atoms with Crippen molar-refractivity contribution in [3.63, 3.8) is 0 Å². The second-order valence-corrected chi connectivity index (χ2v) is 16.1. The minimum atomic E-state index is -2.12. The maximum Gasteiger partial charge on any atom is 0.280 e. The molecule has 1 aliphatic heterocycles. The number of rotatable bonds is 6. The molecule has 1 aliphatic rings. The van der Waals surface area contributed by atoms with Crippen molar-refractivity contribution < 1.29 is 4.43 Å². The first-order chi connectivity index (χ1) is 15.4. The van der Waals surface area contributed by atoms with Gasteiger partial charge in [0.15, 0.2) is 14.1 Å². The Bertz CT molecular complexity index is 1210. The van der Waals surface area contributed by atoms with Crippen molar-refractivity contribution in [2.24, 2.45) is 0 Å². The lowest BCUT2D eigenvalue weighted by atomic mass is 10.1. The Hall–Kier alpha value is -1.86. The van der Waals surface area contributed by atoms with Gasteiger partial charge in [0.25, 0.3) is 5.56 Å². The van der Waals surface area contributed by atoms with Gasteiger partial charge in [-0.3, -0.25) is 9.80 Å². The molecule has 4 rings (SSSR count). The Kier molecular flexibility index (Phi) is 6.42. The van der Waals surface area contributed by atoms with Gasteiger partial charge in [0.05, 0.1) is 16.9 Å². The van der Waals surface area contributed by atoms with Crippen LogP contribution >= 0.6 is 23.2 Å². The molecular weight excluding hydrogens is 473 g/mol. The first kappa shape index (κ1) is 24.3. The summed E-state index contributed by atoms with van der Waals surface area (Å²) in [5.74, 6) is 0.570. The molecule has 2 heterocycles. The molecule has 0 amide bonds. The Morgan fingerprint density at radius 3 is 2.24 bits per heavy atom. The SMILES string of the molecule is C[C@H](O[Si](C)(C)C(C)(C)C)c1nc2ccccc2c(=O)n1N1[C@@H](c2ccccc2)[C@@H]1C(Cl)Cl. The molecule has 3 atom stereocenters. The van der Waals surface area contributed by atoms with Crippen molar-refractivity contribution in [1.29, 1.82) is 0 Å². The molecule has 8 heteroatoms. The monoisotopic (exact) mass is 503 g/mol. The van der Waals surface area contributed by atoms with Gasteiger partial charge in [0.2, 0.25) is 0 Å². The molecule has 0 spiro atoms. The van der Waals surface area contributed by atoms with E-state index in [1.807, 2.05) is 60.5 Å². The van der Waals surface area contributed by atoms with Crippen LogP contribution in [0, 0.1) is 0 Å². The number of hydrogen-bond donors (Lipinski definition) is 0. The summed E-state index contributed by atoms with van der Waals surface area (Å²) in [5.41, 5.74) is 1.57. The molecule has 0 saturated carbocycles. The van der Waals surface area contributed by atoms with Crippen LogP contribution < -0.4 is 10.6 Å². The molecule has 0 radical (unpaired) electrons. The Morgan fingerprint density at radius 2 is 1.64 bits per heavy atom. The first-order valence-corrected chi connectivity index (χ1v) is 15.0. The second kappa shape index (κ2) is 8.73. The minimum Gasteiger partial charge on any atom is -0.407 e. The highest BCUT2D eigenvalue weighted by Gasteiger charge is 2.54. The van der Waals surface area contributed by atoms with Crippen molar-refractivity contribution in [2.45, 2.75) is 68.9 Å². The van der Waals surface area contributed by atoms with Crippen LogP contribution in [0.1, 0.15) is 51.2 Å². The quantitative estimate of drug-likeness (QED) is 0.223. The van der Waals surface area contributed by atoms with Crippen LogP contribution in [0.5, 0.6) is 0 Å². The number of alkyl halides is 2. The number of nitrogens with zero attached hydrogens (tertiary/aromatic N) is 3. The van der Waals surface area contributed by atoms with Crippen LogP contribution in [-0.2, 0) is 4.43 Å². The minimum absolute atomic E-state index is 0.0234. The van der Waals surface area contributed by atoms with E-state index in [1.54, 1.807) is 10.7 Å². The molecule has 0 N–H and O–H groups in total. The fourth-order valence-electron chi connectivity index (χ4n) is 4.05. The lowest BCUT2D eigenvalue weighted by molar-refractivity contribution is 0.187. The Labute approximate surface area is 206 Å². The van der Waals surface area contributed by atoms with Gasteiger partial charge in [0, 0.05) is 0 Å². The van der Waals surface area contributed by atoms with Crippen molar-refractivity contribution in [1.82, 2.24) is 9.66 Å². The van der Waals surface area contributed by atoms with E-state index >= 15 is 0 Å². The van der Waals surface area contributed by atoms with Crippen LogP contribution in [0.3, 0.4) is 0 Å². The third-order valence-corrected chi connectivity index (χ3v) is 11.9. The van der Waals surface area contributed by atoms with Crippen molar-refractivity contribution >= 4 is 42.4 Å². The lowest BCUT2D eigenvalue weighted by Crippen LogP contribution is -2.43. The van der Waals surface area contributed by atoms with E-state index in [-0.39, 0.29) is 28.8 Å². The molecule has 5 nitrogen and oxygen atoms in total. The van der Waals surface area contributed by atoms with Gasteiger partial charge in [-0.05, 0) is 42.8 Å². The van der Waals surface area contributed by atoms with E-state index in [2.05, 4.69) is 33.9 Å². The first-order valence-electron chi connectivity index (χ1n) is 11.3. The number of fused-ring (bicyclic) bond motifs is 1. The maximum atomic E-state index is 13.8. The number of para-hydroxylation sites is 1. The maximum absolute atomic E-state index is 13.8. The van der Waals surface area contributed by atoms with E-state index in [0.717, 1.165) is 5.56 Å². The highest BCUT2D eigenvalue weighted by molar-refractivity contribution is 6.74. The topological polar surface area (TPSA) is 47.1 Å². The van der Waals surface area contributed by atoms with Gasteiger partial charge < -0.3 is 4.43 Å². The van der Waals surface area contributed by atoms with Crippen LogP contribution in [0.4, 0.5) is 0 Å². The predicted molar refractivity (Wildman–Crippen MR) is 139 cm³/mol. The molecule has 33 heavy (non-hydrogen) atoms. The summed E-state index contributed by atoms with van der Waals surface area (Å²) < 4.78 is 8.32. The molecule has 1 saturated heterocycles. The van der Waals surface area contributed by atoms with E-state index < -0.39 is 13.2 Å². The smallest absolute Gasteiger partial charge is 0.280 e. The lowest BCUT2D eigenvalue weighted by Gasteiger charge is -2.38. The largest absolute Gasteiger partial charge is 0.407 e. The zero-order valence-corrected chi connectivity index (χ0v) is 22.4. The van der Waals surface area contributed by atoms with E-state index in [1.165, 1.54) is 0 Å². The van der Waals surface area contributed by atoms with Gasteiger partial charge in [-0.15, -0.1) is 23.2 Å². The molecule has 0 aliphatic carbocycles. The molecular formula is C25H31Cl2N3O2Si. The highest BCUT2D eigenvalue weighted by atomic mass is 35.5. The molecule has 1 fully saturated rings. The van der Waals surface area contributed by atoms with E-state index in [9.17, 15) is 4.79 Å². The number of hydrogen-bond acceptors (Lipinski definition) is 4. The number of aromatic nitrogens is 2. The van der Waals surface area contributed by atoms with Gasteiger partial charge in [0.1, 0.15) is 17.0 Å². The predicted octanol–water partition coefficient (Wildman–Crippen LogP) is 6.34. The zero-order valence-electron chi connectivity index (χ0n) is 19.9. The summed E-state index contributed by atoms with van der Waals surface area (Å²) in [7, 11) is -2.12. The summed E-state index contributed by atoms with van der Waals surface area (Å²) in [6.45, 7) is 13.0. The van der Waals surface area contributed by atoms with Crippen molar-refractivity contribution in [2.75, 3.05) is 5.01 Å². The molecule has 1 aromatic heterocycles. The standard InChI is InChI=1S/C25H31Cl2N3O2Si/c1-16(32-33(5,6)25(2,3)4)23-28-19-15-11-10-14-18(19)24(31)30(23)29-20(21(29)22(26)27)17-12-8-7-9-13-17/h7-16,20-22H,1-6H3/t16-,20-,21+,29?/m0/s1. The average Bonchev–Trinajstić information content (AvgIpc) is 3.48. The number of benzene rings is 2. The fraction of sp³-hybridized carbons (Fsp3) is 0.440. The fourth-order valence-corrected chi connectivity index (χ4v) is 5.90. The summed E-state index contributed by atoms with van der Waals surface area (Å²) in [6, 6.07) is 17.0. The van der Waals surface area contributed by atoms with E-state index in [0.29, 0.717) is 16.7 Å². The summed E-state index contributed by atoms with van der Waals surface area (Å²) in [4.78, 5) is 18.0. The molecule has 3 aromatic rings. The van der Waals surface area contributed by atoms with Gasteiger partial charge in [-0.2, -0.15) is 0 Å². The second-order valence-electron chi connectivity index (χ2n) is 10.2. The zero-order chi connectivity index (χ0) is 24.1. The third-order valence-electron chi connectivity index (χ3n) is 6.87. The van der Waals surface area contributed by atoms with Crippen molar-refractivity contribution in [3.05, 3.63) is 76.3 Å². The molecule has 0 unspecified atom stereocenters. The Balaban J connectivity index is 1.87. The summed E-state index contributed by atoms with van der Waals surface area (Å²) in [5, 5.41) is 2.52. The Morgan fingerprint density at radius 1 is 1.03 bits per heavy atom. The van der Waals surface area contributed by atoms with Gasteiger partial charge in [-0.1, -0.05) is 63.2 Å². The van der Waals surface area contributed by atoms with E-state index in [4.69, 9.17) is 32.6 Å². The summed E-state index contributed by atoms with van der Waals surface area (Å²) >= 11 is 12.8.